The fraction of sp³-hybridized carbons (Fsp3) is 0.0769. The minimum atomic E-state index is -1.26. The number of nitrogens with one attached hydrogen (secondary N) is 1. The summed E-state index contributed by atoms with van der Waals surface area (Å²) in [6.45, 7) is 0.140. The summed E-state index contributed by atoms with van der Waals surface area (Å²) in [6, 6.07) is 8.79. The van der Waals surface area contributed by atoms with Gasteiger partial charge in [0.1, 0.15) is 0 Å². The zero-order valence-corrected chi connectivity index (χ0v) is 11.7. The van der Waals surface area contributed by atoms with Gasteiger partial charge < -0.3 is 5.32 Å². The molecule has 0 aliphatic heterocycles. The van der Waals surface area contributed by atoms with Crippen molar-refractivity contribution in [2.24, 2.45) is 0 Å². The van der Waals surface area contributed by atoms with Crippen molar-refractivity contribution in [3.63, 3.8) is 0 Å². The van der Waals surface area contributed by atoms with Crippen LogP contribution in [0.4, 0.5) is 20.2 Å². The maximum atomic E-state index is 13.7. The van der Waals surface area contributed by atoms with Crippen LogP contribution >= 0.6 is 15.9 Å². The number of nitrogens with zero attached hydrogens (tertiary/aromatic N) is 1. The molecule has 4 nitrogen and oxygen atoms in total. The molecule has 0 atom stereocenters. The first-order chi connectivity index (χ1) is 9.49. The van der Waals surface area contributed by atoms with Gasteiger partial charge in [0.05, 0.1) is 4.92 Å². The molecule has 0 spiro atoms. The Balaban J connectivity index is 2.29. The van der Waals surface area contributed by atoms with E-state index in [1.807, 2.05) is 6.07 Å². The van der Waals surface area contributed by atoms with E-state index in [0.29, 0.717) is 0 Å². The van der Waals surface area contributed by atoms with Gasteiger partial charge in [-0.1, -0.05) is 28.1 Å². The Morgan fingerprint density at radius 1 is 1.25 bits per heavy atom. The fourth-order valence-corrected chi connectivity index (χ4v) is 2.14. The quantitative estimate of drug-likeness (QED) is 0.667. The average Bonchev–Trinajstić information content (AvgIpc) is 2.40. The maximum Gasteiger partial charge on any atom is 0.295 e. The second kappa shape index (κ2) is 5.96. The molecule has 0 aliphatic rings. The van der Waals surface area contributed by atoms with Gasteiger partial charge in [-0.2, -0.15) is 0 Å². The smallest absolute Gasteiger partial charge is 0.295 e. The van der Waals surface area contributed by atoms with Crippen molar-refractivity contribution in [1.29, 1.82) is 0 Å². The summed E-state index contributed by atoms with van der Waals surface area (Å²) in [6.07, 6.45) is 0. The van der Waals surface area contributed by atoms with Crippen LogP contribution in [0, 0.1) is 21.7 Å². The lowest BCUT2D eigenvalue weighted by Gasteiger charge is -2.09. The molecule has 0 radical (unpaired) electrons. The summed E-state index contributed by atoms with van der Waals surface area (Å²) in [5.74, 6) is -2.39. The van der Waals surface area contributed by atoms with Gasteiger partial charge >= 0.3 is 0 Å². The lowest BCUT2D eigenvalue weighted by Crippen LogP contribution is -2.06. The van der Waals surface area contributed by atoms with Crippen molar-refractivity contribution in [3.8, 4) is 0 Å². The van der Waals surface area contributed by atoms with E-state index in [4.69, 9.17) is 0 Å². The molecule has 0 bridgehead atoms. The summed E-state index contributed by atoms with van der Waals surface area (Å²) >= 11 is 3.28. The highest BCUT2D eigenvalue weighted by molar-refractivity contribution is 9.10. The Morgan fingerprint density at radius 3 is 2.65 bits per heavy atom. The first-order valence-electron chi connectivity index (χ1n) is 5.59. The highest BCUT2D eigenvalue weighted by atomic mass is 79.9. The van der Waals surface area contributed by atoms with Crippen molar-refractivity contribution in [3.05, 3.63) is 68.2 Å². The third kappa shape index (κ3) is 3.11. The molecule has 2 aromatic carbocycles. The van der Waals surface area contributed by atoms with E-state index >= 15 is 0 Å². The Bertz CT molecular complexity index is 665. The molecule has 104 valence electrons. The summed E-state index contributed by atoms with van der Waals surface area (Å²) in [5, 5.41) is 13.4. The van der Waals surface area contributed by atoms with Gasteiger partial charge in [0.2, 0.25) is 0 Å². The average molecular weight is 343 g/mol. The van der Waals surface area contributed by atoms with Gasteiger partial charge in [-0.15, -0.1) is 0 Å². The Hall–Kier alpha value is -2.02. The van der Waals surface area contributed by atoms with Crippen LogP contribution in [0.3, 0.4) is 0 Å². The zero-order valence-electron chi connectivity index (χ0n) is 10.1. The van der Waals surface area contributed by atoms with Crippen molar-refractivity contribution in [1.82, 2.24) is 0 Å². The minimum Gasteiger partial charge on any atom is -0.373 e. The van der Waals surface area contributed by atoms with Gasteiger partial charge in [-0.25, -0.2) is 8.78 Å². The lowest BCUT2D eigenvalue weighted by molar-refractivity contribution is -0.384. The number of rotatable bonds is 4. The second-order valence-electron chi connectivity index (χ2n) is 4.00. The molecular weight excluding hydrogens is 334 g/mol. The fourth-order valence-electron chi connectivity index (χ4n) is 1.70. The summed E-state index contributed by atoms with van der Waals surface area (Å²) < 4.78 is 27.6. The molecule has 1 N–H and O–H groups in total. The predicted molar refractivity (Wildman–Crippen MR) is 74.5 cm³/mol. The van der Waals surface area contributed by atoms with Crippen LogP contribution in [0.5, 0.6) is 0 Å². The first-order valence-corrected chi connectivity index (χ1v) is 6.39. The van der Waals surface area contributed by atoms with E-state index < -0.39 is 27.9 Å². The Kier molecular flexibility index (Phi) is 4.29. The maximum absolute atomic E-state index is 13.7. The molecule has 0 aliphatic carbocycles. The first kappa shape index (κ1) is 14.4. The van der Waals surface area contributed by atoms with Gasteiger partial charge in [-0.3, -0.25) is 10.1 Å². The zero-order chi connectivity index (χ0) is 14.7. The van der Waals surface area contributed by atoms with Crippen LogP contribution in [0.1, 0.15) is 5.56 Å². The lowest BCUT2D eigenvalue weighted by atomic mass is 10.2. The normalized spacial score (nSPS) is 10.3. The molecule has 0 unspecified atom stereocenters. The topological polar surface area (TPSA) is 55.2 Å². The van der Waals surface area contributed by atoms with Crippen LogP contribution in [0.2, 0.25) is 0 Å². The Labute approximate surface area is 121 Å². The number of nitro groups is 1. The molecule has 0 heterocycles. The van der Waals surface area contributed by atoms with Gasteiger partial charge in [-0.05, 0) is 23.8 Å². The highest BCUT2D eigenvalue weighted by Gasteiger charge is 2.21. The van der Waals surface area contributed by atoms with Crippen LogP contribution in [-0.2, 0) is 6.54 Å². The largest absolute Gasteiger partial charge is 0.373 e. The summed E-state index contributed by atoms with van der Waals surface area (Å²) in [7, 11) is 0. The van der Waals surface area contributed by atoms with Crippen LogP contribution in [-0.4, -0.2) is 4.92 Å². The van der Waals surface area contributed by atoms with Gasteiger partial charge in [0.25, 0.3) is 5.69 Å². The van der Waals surface area contributed by atoms with E-state index in [2.05, 4.69) is 21.2 Å². The van der Waals surface area contributed by atoms with Crippen molar-refractivity contribution >= 4 is 27.3 Å². The third-order valence-corrected chi connectivity index (χ3v) is 3.12. The van der Waals surface area contributed by atoms with Crippen molar-refractivity contribution < 1.29 is 13.7 Å². The van der Waals surface area contributed by atoms with Crippen molar-refractivity contribution in [2.45, 2.75) is 6.54 Å². The molecule has 0 saturated heterocycles. The minimum absolute atomic E-state index is 0.140. The van der Waals surface area contributed by atoms with Crippen LogP contribution < -0.4 is 5.32 Å². The standard InChI is InChI=1S/C13H9BrF2N2O2/c14-9-3-1-2-8(6-9)7-17-13-11(18(19)20)5-4-10(15)12(13)16/h1-6,17H,7H2. The van der Waals surface area contributed by atoms with Crippen LogP contribution in [0.25, 0.3) is 0 Å². The highest BCUT2D eigenvalue weighted by Crippen LogP contribution is 2.29. The summed E-state index contributed by atoms with van der Waals surface area (Å²) in [4.78, 5) is 10.1. The number of halogens is 3. The van der Waals surface area contributed by atoms with E-state index in [0.717, 1.165) is 22.2 Å². The molecule has 2 aromatic rings. The molecule has 0 aromatic heterocycles. The summed E-state index contributed by atoms with van der Waals surface area (Å²) in [5.41, 5.74) is -0.175. The predicted octanol–water partition coefficient (Wildman–Crippen LogP) is 4.25. The van der Waals surface area contributed by atoms with E-state index in [-0.39, 0.29) is 6.54 Å². The molecule has 0 saturated carbocycles. The second-order valence-corrected chi connectivity index (χ2v) is 4.91. The number of anilines is 1. The number of hydrogen-bond acceptors (Lipinski definition) is 3. The number of hydrogen-bond donors (Lipinski definition) is 1. The SMILES string of the molecule is O=[N+]([O-])c1ccc(F)c(F)c1NCc1cccc(Br)c1. The molecular formula is C13H9BrF2N2O2. The monoisotopic (exact) mass is 342 g/mol. The molecule has 20 heavy (non-hydrogen) atoms. The molecule has 2 rings (SSSR count). The van der Waals surface area contributed by atoms with Crippen LogP contribution in [0.15, 0.2) is 40.9 Å². The Morgan fingerprint density at radius 2 is 2.00 bits per heavy atom. The molecule has 7 heteroatoms. The van der Waals surface area contributed by atoms with E-state index in [1.54, 1.807) is 18.2 Å². The third-order valence-electron chi connectivity index (χ3n) is 2.63. The van der Waals surface area contributed by atoms with E-state index in [9.17, 15) is 18.9 Å². The van der Waals surface area contributed by atoms with E-state index in [1.165, 1.54) is 0 Å². The number of nitro benzene ring substituents is 1. The molecule has 0 amide bonds. The van der Waals surface area contributed by atoms with Gasteiger partial charge in [0.15, 0.2) is 17.3 Å². The number of benzene rings is 2. The molecule has 0 fully saturated rings. The van der Waals surface area contributed by atoms with Gasteiger partial charge in [0, 0.05) is 17.1 Å². The van der Waals surface area contributed by atoms with Crippen molar-refractivity contribution in [2.75, 3.05) is 5.32 Å².